The molecule has 0 spiro atoms. The van der Waals surface area contributed by atoms with Gasteiger partial charge in [0.05, 0.1) is 25.3 Å². The maximum atomic E-state index is 11.5. The molecule has 0 bridgehead atoms. The molecule has 0 aliphatic heterocycles. The van der Waals surface area contributed by atoms with Gasteiger partial charge in [-0.25, -0.2) is 0 Å². The molecule has 0 fully saturated rings. The standard InChI is InChI=1S/C11H24N2O3/c1-3-4-5-6-12-11(16)9(2)13-10(7-14)8-15/h9-10,13-15H,3-8H2,1-2H3,(H,12,16). The van der Waals surface area contributed by atoms with Crippen molar-refractivity contribution in [2.24, 2.45) is 0 Å². The average Bonchev–Trinajstić information content (AvgIpc) is 2.30. The summed E-state index contributed by atoms with van der Waals surface area (Å²) >= 11 is 0. The summed E-state index contributed by atoms with van der Waals surface area (Å²) < 4.78 is 0. The van der Waals surface area contributed by atoms with Crippen molar-refractivity contribution in [1.29, 1.82) is 0 Å². The zero-order valence-corrected chi connectivity index (χ0v) is 10.2. The van der Waals surface area contributed by atoms with E-state index < -0.39 is 12.1 Å². The first-order valence-electron chi connectivity index (χ1n) is 5.91. The van der Waals surface area contributed by atoms with Crippen LogP contribution in [0.25, 0.3) is 0 Å². The van der Waals surface area contributed by atoms with Crippen molar-refractivity contribution >= 4 is 5.91 Å². The van der Waals surface area contributed by atoms with Crippen LogP contribution in [0.4, 0.5) is 0 Å². The fraction of sp³-hybridized carbons (Fsp3) is 0.909. The normalized spacial score (nSPS) is 12.8. The van der Waals surface area contributed by atoms with Gasteiger partial charge in [-0.2, -0.15) is 0 Å². The van der Waals surface area contributed by atoms with E-state index in [0.717, 1.165) is 19.3 Å². The Labute approximate surface area is 97.2 Å². The van der Waals surface area contributed by atoms with Crippen molar-refractivity contribution in [1.82, 2.24) is 10.6 Å². The minimum atomic E-state index is -0.434. The summed E-state index contributed by atoms with van der Waals surface area (Å²) in [4.78, 5) is 11.5. The molecule has 5 heteroatoms. The number of hydrogen-bond donors (Lipinski definition) is 4. The van der Waals surface area contributed by atoms with E-state index in [0.29, 0.717) is 6.54 Å². The van der Waals surface area contributed by atoms with E-state index in [9.17, 15) is 4.79 Å². The number of amides is 1. The molecule has 1 unspecified atom stereocenters. The summed E-state index contributed by atoms with van der Waals surface area (Å²) in [6, 6.07) is -0.831. The van der Waals surface area contributed by atoms with Crippen LogP contribution in [0.2, 0.25) is 0 Å². The predicted octanol–water partition coefficient (Wildman–Crippen LogP) is -0.376. The summed E-state index contributed by atoms with van der Waals surface area (Å²) in [6.45, 7) is 4.15. The molecule has 5 nitrogen and oxygen atoms in total. The SMILES string of the molecule is CCCCCNC(=O)C(C)NC(CO)CO. The van der Waals surface area contributed by atoms with Gasteiger partial charge in [-0.15, -0.1) is 0 Å². The van der Waals surface area contributed by atoms with Crippen molar-refractivity contribution < 1.29 is 15.0 Å². The van der Waals surface area contributed by atoms with Crippen LogP contribution in [0.1, 0.15) is 33.1 Å². The van der Waals surface area contributed by atoms with Gasteiger partial charge in [0, 0.05) is 6.54 Å². The molecule has 0 aromatic carbocycles. The molecule has 96 valence electrons. The number of nitrogens with one attached hydrogen (secondary N) is 2. The van der Waals surface area contributed by atoms with Crippen LogP contribution in [0.15, 0.2) is 0 Å². The Hall–Kier alpha value is -0.650. The van der Waals surface area contributed by atoms with Gasteiger partial charge >= 0.3 is 0 Å². The van der Waals surface area contributed by atoms with Crippen LogP contribution in [0.3, 0.4) is 0 Å². The summed E-state index contributed by atoms with van der Waals surface area (Å²) in [6.07, 6.45) is 3.22. The van der Waals surface area contributed by atoms with Crippen LogP contribution >= 0.6 is 0 Å². The van der Waals surface area contributed by atoms with Crippen molar-refractivity contribution in [2.45, 2.75) is 45.2 Å². The lowest BCUT2D eigenvalue weighted by atomic mass is 10.2. The largest absolute Gasteiger partial charge is 0.395 e. The fourth-order valence-corrected chi connectivity index (χ4v) is 1.33. The highest BCUT2D eigenvalue weighted by molar-refractivity contribution is 5.81. The van der Waals surface area contributed by atoms with Gasteiger partial charge < -0.3 is 15.5 Å². The van der Waals surface area contributed by atoms with Crippen LogP contribution in [0.5, 0.6) is 0 Å². The number of rotatable bonds is 9. The van der Waals surface area contributed by atoms with E-state index in [4.69, 9.17) is 10.2 Å². The van der Waals surface area contributed by atoms with E-state index in [1.54, 1.807) is 6.92 Å². The highest BCUT2D eigenvalue weighted by atomic mass is 16.3. The number of hydrogen-bond acceptors (Lipinski definition) is 4. The summed E-state index contributed by atoms with van der Waals surface area (Å²) in [5.41, 5.74) is 0. The van der Waals surface area contributed by atoms with Crippen molar-refractivity contribution in [3.05, 3.63) is 0 Å². The Kier molecular flexibility index (Phi) is 9.18. The number of unbranched alkanes of at least 4 members (excludes halogenated alkanes) is 2. The zero-order valence-electron chi connectivity index (χ0n) is 10.2. The molecule has 16 heavy (non-hydrogen) atoms. The maximum Gasteiger partial charge on any atom is 0.236 e. The quantitative estimate of drug-likeness (QED) is 0.409. The second-order valence-electron chi connectivity index (χ2n) is 3.95. The first-order valence-corrected chi connectivity index (χ1v) is 5.91. The fourth-order valence-electron chi connectivity index (χ4n) is 1.33. The second kappa shape index (κ2) is 9.57. The van der Waals surface area contributed by atoms with E-state index in [-0.39, 0.29) is 19.1 Å². The van der Waals surface area contributed by atoms with Crippen LogP contribution < -0.4 is 10.6 Å². The lowest BCUT2D eigenvalue weighted by Gasteiger charge is -2.19. The molecule has 0 radical (unpaired) electrons. The monoisotopic (exact) mass is 232 g/mol. The molecular formula is C11H24N2O3. The van der Waals surface area contributed by atoms with E-state index in [1.807, 2.05) is 0 Å². The van der Waals surface area contributed by atoms with Gasteiger partial charge in [-0.3, -0.25) is 10.1 Å². The van der Waals surface area contributed by atoms with Gasteiger partial charge in [-0.1, -0.05) is 19.8 Å². The third kappa shape index (κ3) is 6.76. The Bertz CT molecular complexity index is 184. The molecule has 0 aromatic heterocycles. The van der Waals surface area contributed by atoms with E-state index in [2.05, 4.69) is 17.6 Å². The highest BCUT2D eigenvalue weighted by Crippen LogP contribution is 1.92. The van der Waals surface area contributed by atoms with E-state index in [1.165, 1.54) is 0 Å². The van der Waals surface area contributed by atoms with Crippen LogP contribution in [-0.2, 0) is 4.79 Å². The van der Waals surface area contributed by atoms with Crippen molar-refractivity contribution in [2.75, 3.05) is 19.8 Å². The van der Waals surface area contributed by atoms with Gasteiger partial charge in [0.25, 0.3) is 0 Å². The van der Waals surface area contributed by atoms with Gasteiger partial charge in [0.15, 0.2) is 0 Å². The van der Waals surface area contributed by atoms with Crippen LogP contribution in [-0.4, -0.2) is 48.0 Å². The molecule has 0 rings (SSSR count). The Balaban J connectivity index is 3.72. The lowest BCUT2D eigenvalue weighted by Crippen LogP contribution is -2.49. The Morgan fingerprint density at radius 1 is 1.25 bits per heavy atom. The molecule has 1 atom stereocenters. The molecule has 1 amide bonds. The molecule has 0 saturated heterocycles. The molecule has 4 N–H and O–H groups in total. The molecule has 0 heterocycles. The summed E-state index contributed by atoms with van der Waals surface area (Å²) in [5, 5.41) is 23.3. The summed E-state index contributed by atoms with van der Waals surface area (Å²) in [7, 11) is 0. The molecule has 0 aliphatic rings. The molecular weight excluding hydrogens is 208 g/mol. The number of carbonyl (C=O) groups excluding carboxylic acids is 1. The topological polar surface area (TPSA) is 81.6 Å². The predicted molar refractivity (Wildman–Crippen MR) is 63.1 cm³/mol. The zero-order chi connectivity index (χ0) is 12.4. The molecule has 0 aliphatic carbocycles. The number of carbonyl (C=O) groups is 1. The van der Waals surface area contributed by atoms with E-state index >= 15 is 0 Å². The Morgan fingerprint density at radius 3 is 2.38 bits per heavy atom. The maximum absolute atomic E-state index is 11.5. The highest BCUT2D eigenvalue weighted by Gasteiger charge is 2.15. The number of aliphatic hydroxyl groups is 2. The second-order valence-corrected chi connectivity index (χ2v) is 3.95. The van der Waals surface area contributed by atoms with Gasteiger partial charge in [-0.05, 0) is 13.3 Å². The van der Waals surface area contributed by atoms with Crippen LogP contribution in [0, 0.1) is 0 Å². The summed E-state index contributed by atoms with van der Waals surface area (Å²) in [5.74, 6) is -0.0944. The number of aliphatic hydroxyl groups excluding tert-OH is 2. The average molecular weight is 232 g/mol. The first-order chi connectivity index (χ1) is 7.65. The third-order valence-corrected chi connectivity index (χ3v) is 2.40. The van der Waals surface area contributed by atoms with Gasteiger partial charge in [0.2, 0.25) is 5.91 Å². The van der Waals surface area contributed by atoms with Crippen molar-refractivity contribution in [3.8, 4) is 0 Å². The van der Waals surface area contributed by atoms with Crippen molar-refractivity contribution in [3.63, 3.8) is 0 Å². The minimum absolute atomic E-state index is 0.0944. The third-order valence-electron chi connectivity index (χ3n) is 2.40. The molecule has 0 aromatic rings. The first kappa shape index (κ1) is 15.3. The Morgan fingerprint density at radius 2 is 1.88 bits per heavy atom. The lowest BCUT2D eigenvalue weighted by molar-refractivity contribution is -0.123. The van der Waals surface area contributed by atoms with Gasteiger partial charge in [0.1, 0.15) is 0 Å². The minimum Gasteiger partial charge on any atom is -0.395 e. The smallest absolute Gasteiger partial charge is 0.236 e. The molecule has 0 saturated carbocycles.